The summed E-state index contributed by atoms with van der Waals surface area (Å²) in [5, 5.41) is 17.1. The Labute approximate surface area is 110 Å². The van der Waals surface area contributed by atoms with Crippen molar-refractivity contribution in [2.45, 2.75) is 40.2 Å². The van der Waals surface area contributed by atoms with Crippen LogP contribution in [-0.4, -0.2) is 31.0 Å². The number of carboxylic acids is 1. The zero-order valence-corrected chi connectivity index (χ0v) is 11.2. The minimum Gasteiger partial charge on any atom is -0.478 e. The summed E-state index contributed by atoms with van der Waals surface area (Å²) in [6.07, 6.45) is 1.71. The number of nitrogens with zero attached hydrogens (tertiary/aromatic N) is 4. The van der Waals surface area contributed by atoms with Gasteiger partial charge in [0.05, 0.1) is 11.4 Å². The molecule has 7 nitrogen and oxygen atoms in total. The highest BCUT2D eigenvalue weighted by Crippen LogP contribution is 2.14. The fraction of sp³-hybridized carbons (Fsp3) is 0.500. The van der Waals surface area contributed by atoms with Gasteiger partial charge in [0.1, 0.15) is 12.1 Å². The molecule has 1 N–H and O–H groups in total. The molecule has 2 aromatic heterocycles. The molecule has 19 heavy (non-hydrogen) atoms. The molecule has 2 aromatic rings. The van der Waals surface area contributed by atoms with E-state index in [9.17, 15) is 4.79 Å². The number of carbonyl (C=O) groups is 1. The maximum Gasteiger partial charge on any atom is 0.339 e. The van der Waals surface area contributed by atoms with Crippen LogP contribution in [0.1, 0.15) is 46.8 Å². The number of carboxylic acid groups (broad SMARTS) is 1. The van der Waals surface area contributed by atoms with E-state index in [1.807, 2.05) is 6.92 Å². The Hall–Kier alpha value is -2.18. The molecule has 0 spiro atoms. The van der Waals surface area contributed by atoms with Gasteiger partial charge < -0.3 is 9.63 Å². The van der Waals surface area contributed by atoms with Crippen LogP contribution in [-0.2, 0) is 13.0 Å². The van der Waals surface area contributed by atoms with E-state index in [2.05, 4.69) is 15.2 Å². The molecule has 0 fully saturated rings. The van der Waals surface area contributed by atoms with Gasteiger partial charge in [-0.1, -0.05) is 12.1 Å². The van der Waals surface area contributed by atoms with Gasteiger partial charge in [-0.2, -0.15) is 10.1 Å². The summed E-state index contributed by atoms with van der Waals surface area (Å²) in [5.74, 6) is 0.127. The average Bonchev–Trinajstić information content (AvgIpc) is 2.86. The van der Waals surface area contributed by atoms with E-state index in [0.717, 1.165) is 12.8 Å². The Bertz CT molecular complexity index is 600. The predicted octanol–water partition coefficient (Wildman–Crippen LogP) is 1.58. The Morgan fingerprint density at radius 2 is 2.16 bits per heavy atom. The highest BCUT2D eigenvalue weighted by Gasteiger charge is 2.19. The number of rotatable bonds is 5. The van der Waals surface area contributed by atoms with E-state index in [0.29, 0.717) is 23.1 Å². The highest BCUT2D eigenvalue weighted by molar-refractivity contribution is 5.90. The standard InChI is InChI=1S/C12H16N4O3/c1-4-5-9-13-10(19-15-9)6-16-8(3)11(12(17)18)7(2)14-16/h4-6H2,1-3H3,(H,17,18). The molecule has 0 amide bonds. The van der Waals surface area contributed by atoms with Crippen molar-refractivity contribution in [2.75, 3.05) is 0 Å². The molecule has 0 unspecified atom stereocenters. The van der Waals surface area contributed by atoms with E-state index in [-0.39, 0.29) is 12.1 Å². The van der Waals surface area contributed by atoms with Gasteiger partial charge in [0.25, 0.3) is 0 Å². The number of hydrogen-bond acceptors (Lipinski definition) is 5. The lowest BCUT2D eigenvalue weighted by Gasteiger charge is -1.99. The van der Waals surface area contributed by atoms with Crippen molar-refractivity contribution in [3.05, 3.63) is 28.7 Å². The second-order valence-electron chi connectivity index (χ2n) is 4.36. The summed E-state index contributed by atoms with van der Waals surface area (Å²) < 4.78 is 6.69. The Balaban J connectivity index is 2.23. The van der Waals surface area contributed by atoms with Gasteiger partial charge in [0.15, 0.2) is 5.82 Å². The number of aromatic carboxylic acids is 1. The Morgan fingerprint density at radius 1 is 1.42 bits per heavy atom. The van der Waals surface area contributed by atoms with Crippen molar-refractivity contribution in [3.63, 3.8) is 0 Å². The van der Waals surface area contributed by atoms with Gasteiger partial charge >= 0.3 is 5.97 Å². The topological polar surface area (TPSA) is 94.0 Å². The molecule has 0 atom stereocenters. The molecule has 102 valence electrons. The fourth-order valence-corrected chi connectivity index (χ4v) is 1.97. The molecule has 2 rings (SSSR count). The van der Waals surface area contributed by atoms with E-state index in [4.69, 9.17) is 9.63 Å². The minimum atomic E-state index is -0.974. The largest absolute Gasteiger partial charge is 0.478 e. The number of hydrogen-bond donors (Lipinski definition) is 1. The van der Waals surface area contributed by atoms with Crippen LogP contribution >= 0.6 is 0 Å². The van der Waals surface area contributed by atoms with E-state index < -0.39 is 5.97 Å². The molecule has 0 saturated heterocycles. The van der Waals surface area contributed by atoms with Gasteiger partial charge in [0.2, 0.25) is 5.89 Å². The van der Waals surface area contributed by atoms with Crippen LogP contribution in [0.15, 0.2) is 4.52 Å². The van der Waals surface area contributed by atoms with Crippen molar-refractivity contribution in [1.82, 2.24) is 19.9 Å². The summed E-state index contributed by atoms with van der Waals surface area (Å²) in [4.78, 5) is 15.3. The fourth-order valence-electron chi connectivity index (χ4n) is 1.97. The van der Waals surface area contributed by atoms with Crippen molar-refractivity contribution in [2.24, 2.45) is 0 Å². The first-order valence-electron chi connectivity index (χ1n) is 6.11. The first-order valence-corrected chi connectivity index (χ1v) is 6.11. The first kappa shape index (κ1) is 13.3. The molecule has 0 aliphatic heterocycles. The number of aromatic nitrogens is 4. The van der Waals surface area contributed by atoms with Gasteiger partial charge in [-0.3, -0.25) is 4.68 Å². The minimum absolute atomic E-state index is 0.230. The van der Waals surface area contributed by atoms with Gasteiger partial charge in [-0.15, -0.1) is 0 Å². The normalized spacial score (nSPS) is 10.9. The lowest BCUT2D eigenvalue weighted by atomic mass is 10.2. The molecule has 0 aromatic carbocycles. The number of aryl methyl sites for hydroxylation is 2. The Kier molecular flexibility index (Phi) is 3.64. The van der Waals surface area contributed by atoms with Gasteiger partial charge in [-0.25, -0.2) is 4.79 Å². The van der Waals surface area contributed by atoms with Crippen LogP contribution in [0.25, 0.3) is 0 Å². The Morgan fingerprint density at radius 3 is 2.74 bits per heavy atom. The van der Waals surface area contributed by atoms with Crippen LogP contribution < -0.4 is 0 Å². The molecule has 0 radical (unpaired) electrons. The SMILES string of the molecule is CCCc1noc(Cn2nc(C)c(C(=O)O)c2C)n1. The summed E-state index contributed by atoms with van der Waals surface area (Å²) in [6, 6.07) is 0. The quantitative estimate of drug-likeness (QED) is 0.881. The van der Waals surface area contributed by atoms with Crippen LogP contribution in [0.4, 0.5) is 0 Å². The van der Waals surface area contributed by atoms with Gasteiger partial charge in [-0.05, 0) is 20.3 Å². The first-order chi connectivity index (χ1) is 9.02. The third kappa shape index (κ3) is 2.64. The van der Waals surface area contributed by atoms with Crippen LogP contribution in [0.3, 0.4) is 0 Å². The second-order valence-corrected chi connectivity index (χ2v) is 4.36. The van der Waals surface area contributed by atoms with Crippen molar-refractivity contribution < 1.29 is 14.4 Å². The third-order valence-corrected chi connectivity index (χ3v) is 2.86. The van der Waals surface area contributed by atoms with Crippen molar-refractivity contribution in [1.29, 1.82) is 0 Å². The average molecular weight is 264 g/mol. The third-order valence-electron chi connectivity index (χ3n) is 2.86. The summed E-state index contributed by atoms with van der Waals surface area (Å²) in [6.45, 7) is 5.71. The maximum absolute atomic E-state index is 11.1. The van der Waals surface area contributed by atoms with E-state index >= 15 is 0 Å². The monoisotopic (exact) mass is 264 g/mol. The predicted molar refractivity (Wildman–Crippen MR) is 66.1 cm³/mol. The lowest BCUT2D eigenvalue weighted by Crippen LogP contribution is -2.06. The van der Waals surface area contributed by atoms with Crippen molar-refractivity contribution >= 4 is 5.97 Å². The van der Waals surface area contributed by atoms with Crippen LogP contribution in [0.2, 0.25) is 0 Å². The molecule has 0 aliphatic rings. The molecule has 2 heterocycles. The molecule has 7 heteroatoms. The second kappa shape index (κ2) is 5.21. The zero-order valence-electron chi connectivity index (χ0n) is 11.2. The van der Waals surface area contributed by atoms with E-state index in [1.165, 1.54) is 0 Å². The molecule has 0 bridgehead atoms. The van der Waals surface area contributed by atoms with E-state index in [1.54, 1.807) is 18.5 Å². The van der Waals surface area contributed by atoms with Crippen molar-refractivity contribution in [3.8, 4) is 0 Å². The van der Waals surface area contributed by atoms with Gasteiger partial charge in [0, 0.05) is 6.42 Å². The molecular weight excluding hydrogens is 248 g/mol. The zero-order chi connectivity index (χ0) is 14.0. The van der Waals surface area contributed by atoms with Crippen LogP contribution in [0, 0.1) is 13.8 Å². The smallest absolute Gasteiger partial charge is 0.339 e. The lowest BCUT2D eigenvalue weighted by molar-refractivity contribution is 0.0695. The van der Waals surface area contributed by atoms with Crippen LogP contribution in [0.5, 0.6) is 0 Å². The summed E-state index contributed by atoms with van der Waals surface area (Å²) >= 11 is 0. The molecular formula is C12H16N4O3. The summed E-state index contributed by atoms with van der Waals surface area (Å²) in [7, 11) is 0. The maximum atomic E-state index is 11.1. The molecule has 0 saturated carbocycles. The summed E-state index contributed by atoms with van der Waals surface area (Å²) in [5.41, 5.74) is 1.30. The molecule has 0 aliphatic carbocycles. The highest BCUT2D eigenvalue weighted by atomic mass is 16.5.